The van der Waals surface area contributed by atoms with Crippen molar-refractivity contribution in [3.05, 3.63) is 47.8 Å². The highest BCUT2D eigenvalue weighted by molar-refractivity contribution is 7.93. The number of ether oxygens (including phenoxy) is 1. The third-order valence-corrected chi connectivity index (χ3v) is 5.58. The SMILES string of the molecule is CCOc1ccncc1S(=O)(=O)N1CCc2cccc(C)c21. The number of aryl methyl sites for hydroxylation is 1. The highest BCUT2D eigenvalue weighted by Crippen LogP contribution is 2.37. The molecule has 0 amide bonds. The molecule has 0 unspecified atom stereocenters. The summed E-state index contributed by atoms with van der Waals surface area (Å²) < 4.78 is 33.0. The van der Waals surface area contributed by atoms with Gasteiger partial charge in [0.05, 0.1) is 18.5 Å². The summed E-state index contributed by atoms with van der Waals surface area (Å²) in [6, 6.07) is 7.45. The van der Waals surface area contributed by atoms with Gasteiger partial charge in [0, 0.05) is 12.7 Å². The van der Waals surface area contributed by atoms with E-state index in [2.05, 4.69) is 4.98 Å². The number of rotatable bonds is 4. The molecule has 2 heterocycles. The fraction of sp³-hybridized carbons (Fsp3) is 0.312. The first kappa shape index (κ1) is 14.8. The van der Waals surface area contributed by atoms with Crippen LogP contribution in [0.3, 0.4) is 0 Å². The maximum atomic E-state index is 13.1. The second kappa shape index (κ2) is 5.61. The minimum absolute atomic E-state index is 0.118. The molecule has 5 nitrogen and oxygen atoms in total. The van der Waals surface area contributed by atoms with Crippen LogP contribution in [0.4, 0.5) is 5.69 Å². The van der Waals surface area contributed by atoms with Crippen molar-refractivity contribution >= 4 is 15.7 Å². The zero-order valence-corrected chi connectivity index (χ0v) is 13.4. The van der Waals surface area contributed by atoms with Gasteiger partial charge in [-0.1, -0.05) is 18.2 Å². The van der Waals surface area contributed by atoms with Crippen LogP contribution in [0.1, 0.15) is 18.1 Å². The third kappa shape index (κ3) is 2.33. The number of hydrogen-bond donors (Lipinski definition) is 0. The summed E-state index contributed by atoms with van der Waals surface area (Å²) in [5.74, 6) is 0.347. The highest BCUT2D eigenvalue weighted by atomic mass is 32.2. The molecule has 2 aromatic rings. The van der Waals surface area contributed by atoms with E-state index in [1.54, 1.807) is 6.07 Å². The molecule has 1 aliphatic rings. The van der Waals surface area contributed by atoms with Gasteiger partial charge in [0.2, 0.25) is 0 Å². The van der Waals surface area contributed by atoms with Gasteiger partial charge in [-0.2, -0.15) is 0 Å². The quantitative estimate of drug-likeness (QED) is 0.869. The molecular weight excluding hydrogens is 300 g/mol. The van der Waals surface area contributed by atoms with Crippen LogP contribution in [0.2, 0.25) is 0 Å². The van der Waals surface area contributed by atoms with Crippen molar-refractivity contribution in [3.63, 3.8) is 0 Å². The van der Waals surface area contributed by atoms with E-state index >= 15 is 0 Å². The van der Waals surface area contributed by atoms with Gasteiger partial charge in [-0.05, 0) is 37.5 Å². The van der Waals surface area contributed by atoms with Crippen LogP contribution in [0, 0.1) is 6.92 Å². The van der Waals surface area contributed by atoms with Crippen molar-refractivity contribution < 1.29 is 13.2 Å². The smallest absolute Gasteiger partial charge is 0.269 e. The fourth-order valence-electron chi connectivity index (χ4n) is 2.81. The van der Waals surface area contributed by atoms with Gasteiger partial charge in [-0.3, -0.25) is 9.29 Å². The average Bonchev–Trinajstić information content (AvgIpc) is 2.94. The lowest BCUT2D eigenvalue weighted by Crippen LogP contribution is -2.30. The molecule has 1 aromatic heterocycles. The van der Waals surface area contributed by atoms with Gasteiger partial charge in [0.25, 0.3) is 10.0 Å². The van der Waals surface area contributed by atoms with E-state index in [0.29, 0.717) is 18.9 Å². The summed E-state index contributed by atoms with van der Waals surface area (Å²) in [5.41, 5.74) is 2.81. The monoisotopic (exact) mass is 318 g/mol. The van der Waals surface area contributed by atoms with E-state index in [4.69, 9.17) is 4.74 Å². The van der Waals surface area contributed by atoms with Crippen molar-refractivity contribution in [1.29, 1.82) is 0 Å². The summed E-state index contributed by atoms with van der Waals surface area (Å²) >= 11 is 0. The van der Waals surface area contributed by atoms with E-state index in [0.717, 1.165) is 23.2 Å². The molecule has 0 bridgehead atoms. The molecule has 0 aliphatic carbocycles. The molecule has 116 valence electrons. The Bertz CT molecular complexity index is 803. The van der Waals surface area contributed by atoms with E-state index in [-0.39, 0.29) is 4.90 Å². The molecule has 0 spiro atoms. The zero-order valence-electron chi connectivity index (χ0n) is 12.6. The predicted octanol–water partition coefficient (Wildman–Crippen LogP) is 2.54. The van der Waals surface area contributed by atoms with Crippen LogP contribution in [0.15, 0.2) is 41.6 Å². The van der Waals surface area contributed by atoms with Crippen LogP contribution in [-0.4, -0.2) is 26.6 Å². The Morgan fingerprint density at radius 2 is 2.14 bits per heavy atom. The molecule has 22 heavy (non-hydrogen) atoms. The van der Waals surface area contributed by atoms with Crippen molar-refractivity contribution in [2.75, 3.05) is 17.5 Å². The molecule has 0 fully saturated rings. The summed E-state index contributed by atoms with van der Waals surface area (Å²) in [6.45, 7) is 4.61. The molecule has 3 rings (SSSR count). The van der Waals surface area contributed by atoms with E-state index in [9.17, 15) is 8.42 Å². The first-order chi connectivity index (χ1) is 10.6. The standard InChI is InChI=1S/C16H18N2O3S/c1-3-21-14-7-9-17-11-15(14)22(19,20)18-10-8-13-6-4-5-12(2)16(13)18/h4-7,9,11H,3,8,10H2,1-2H3. The molecule has 0 saturated carbocycles. The van der Waals surface area contributed by atoms with Crippen molar-refractivity contribution in [3.8, 4) is 5.75 Å². The van der Waals surface area contributed by atoms with Gasteiger partial charge < -0.3 is 4.74 Å². The lowest BCUT2D eigenvalue weighted by molar-refractivity contribution is 0.330. The molecule has 1 aromatic carbocycles. The zero-order chi connectivity index (χ0) is 15.7. The van der Waals surface area contributed by atoms with Crippen LogP contribution < -0.4 is 9.04 Å². The van der Waals surface area contributed by atoms with Gasteiger partial charge in [0.15, 0.2) is 0 Å². The van der Waals surface area contributed by atoms with E-state index in [1.165, 1.54) is 16.7 Å². The largest absolute Gasteiger partial charge is 0.492 e. The van der Waals surface area contributed by atoms with E-state index in [1.807, 2.05) is 32.0 Å². The Morgan fingerprint density at radius 3 is 2.91 bits per heavy atom. The van der Waals surface area contributed by atoms with Gasteiger partial charge >= 0.3 is 0 Å². The number of nitrogens with zero attached hydrogens (tertiary/aromatic N) is 2. The first-order valence-electron chi connectivity index (χ1n) is 7.23. The number of pyridine rings is 1. The summed E-state index contributed by atoms with van der Waals surface area (Å²) in [6.07, 6.45) is 3.62. The van der Waals surface area contributed by atoms with Gasteiger partial charge in [-0.15, -0.1) is 0 Å². The molecule has 0 radical (unpaired) electrons. The number of para-hydroxylation sites is 1. The number of anilines is 1. The molecular formula is C16H18N2O3S. The number of sulfonamides is 1. The van der Waals surface area contributed by atoms with Crippen LogP contribution in [-0.2, 0) is 16.4 Å². The molecule has 1 aliphatic heterocycles. The Labute approximate surface area is 130 Å². The molecule has 6 heteroatoms. The number of aromatic nitrogens is 1. The number of hydrogen-bond acceptors (Lipinski definition) is 4. The summed E-state index contributed by atoms with van der Waals surface area (Å²) in [7, 11) is -3.68. The van der Waals surface area contributed by atoms with E-state index < -0.39 is 10.0 Å². The Kier molecular flexibility index (Phi) is 3.78. The maximum absolute atomic E-state index is 13.1. The number of fused-ring (bicyclic) bond motifs is 1. The topological polar surface area (TPSA) is 59.5 Å². The normalized spacial score (nSPS) is 14.0. The lowest BCUT2D eigenvalue weighted by atomic mass is 10.1. The van der Waals surface area contributed by atoms with Crippen molar-refractivity contribution in [2.24, 2.45) is 0 Å². The third-order valence-electron chi connectivity index (χ3n) is 3.77. The minimum atomic E-state index is -3.68. The second-order valence-corrected chi connectivity index (χ2v) is 7.00. The van der Waals surface area contributed by atoms with Crippen LogP contribution >= 0.6 is 0 Å². The van der Waals surface area contributed by atoms with Gasteiger partial charge in [-0.25, -0.2) is 8.42 Å². The molecule has 0 saturated heterocycles. The number of benzene rings is 1. The second-order valence-electron chi connectivity index (χ2n) is 5.17. The van der Waals surface area contributed by atoms with Gasteiger partial charge in [0.1, 0.15) is 10.6 Å². The predicted molar refractivity (Wildman–Crippen MR) is 84.8 cm³/mol. The molecule has 0 atom stereocenters. The first-order valence-corrected chi connectivity index (χ1v) is 8.67. The van der Waals surface area contributed by atoms with Crippen molar-refractivity contribution in [2.45, 2.75) is 25.2 Å². The Hall–Kier alpha value is -2.08. The lowest BCUT2D eigenvalue weighted by Gasteiger charge is -2.22. The van der Waals surface area contributed by atoms with Crippen molar-refractivity contribution in [1.82, 2.24) is 4.98 Å². The summed E-state index contributed by atoms with van der Waals surface area (Å²) in [5, 5.41) is 0. The Balaban J connectivity index is 2.11. The fourth-order valence-corrected chi connectivity index (χ4v) is 4.45. The summed E-state index contributed by atoms with van der Waals surface area (Å²) in [4.78, 5) is 4.08. The molecule has 0 N–H and O–H groups in total. The average molecular weight is 318 g/mol. The minimum Gasteiger partial charge on any atom is -0.492 e. The Morgan fingerprint density at radius 1 is 1.32 bits per heavy atom. The van der Waals surface area contributed by atoms with Crippen LogP contribution in [0.5, 0.6) is 5.75 Å². The van der Waals surface area contributed by atoms with Crippen LogP contribution in [0.25, 0.3) is 0 Å². The maximum Gasteiger partial charge on any atom is 0.269 e. The highest BCUT2D eigenvalue weighted by Gasteiger charge is 2.34.